The first kappa shape index (κ1) is 30.8. The first-order valence-corrected chi connectivity index (χ1v) is 18.1. The zero-order chi connectivity index (χ0) is 35.3. The van der Waals surface area contributed by atoms with E-state index in [0.29, 0.717) is 5.39 Å². The summed E-state index contributed by atoms with van der Waals surface area (Å²) in [4.78, 5) is 13.9. The Balaban J connectivity index is 1.15. The number of para-hydroxylation sites is 1. The average Bonchev–Trinajstić information content (AvgIpc) is 3.23. The molecule has 10 aromatic rings. The van der Waals surface area contributed by atoms with Crippen LogP contribution in [0.15, 0.2) is 205 Å². The third-order valence-electron chi connectivity index (χ3n) is 10.6. The Morgan fingerprint density at radius 3 is 1.36 bits per heavy atom. The molecule has 0 saturated carbocycles. The molecule has 0 spiro atoms. The first-order valence-electron chi connectivity index (χ1n) is 18.1. The van der Waals surface area contributed by atoms with Gasteiger partial charge in [-0.1, -0.05) is 164 Å². The van der Waals surface area contributed by atoms with Crippen molar-refractivity contribution in [3.8, 4) is 50.2 Å². The molecule has 10 rings (SSSR count). The lowest BCUT2D eigenvalue weighted by Crippen LogP contribution is -2.19. The molecule has 2 nitrogen and oxygen atoms in total. The second kappa shape index (κ2) is 12.6. The molecule has 1 aromatic heterocycles. The molecule has 53 heavy (non-hydrogen) atoms. The van der Waals surface area contributed by atoms with Crippen molar-refractivity contribution in [3.63, 3.8) is 0 Å². The van der Waals surface area contributed by atoms with Crippen molar-refractivity contribution in [2.24, 2.45) is 0 Å². The van der Waals surface area contributed by atoms with E-state index in [1.165, 1.54) is 54.9 Å². The molecule has 0 N–H and O–H groups in total. The Bertz CT molecular complexity index is 2990. The maximum Gasteiger partial charge on any atom is 0.263 e. The summed E-state index contributed by atoms with van der Waals surface area (Å²) in [5, 5.41) is 7.63. The molecule has 1 heterocycles. The van der Waals surface area contributed by atoms with Crippen molar-refractivity contribution >= 4 is 43.2 Å². The second-order valence-corrected chi connectivity index (χ2v) is 13.6. The van der Waals surface area contributed by atoms with Gasteiger partial charge >= 0.3 is 0 Å². The molecule has 0 bridgehead atoms. The molecule has 0 unspecified atom stereocenters. The van der Waals surface area contributed by atoms with Crippen molar-refractivity contribution in [1.29, 1.82) is 0 Å². The molecule has 9 aromatic carbocycles. The zero-order valence-corrected chi connectivity index (χ0v) is 28.9. The van der Waals surface area contributed by atoms with Crippen LogP contribution < -0.4 is 5.56 Å². The van der Waals surface area contributed by atoms with Crippen molar-refractivity contribution in [2.45, 2.75) is 0 Å². The Kier molecular flexibility index (Phi) is 7.33. The lowest BCUT2D eigenvalue weighted by atomic mass is 9.85. The van der Waals surface area contributed by atoms with Gasteiger partial charge in [0.05, 0.1) is 5.52 Å². The molecular formula is C51H33NO. The number of benzene rings is 9. The van der Waals surface area contributed by atoms with E-state index < -0.39 is 0 Å². The quantitative estimate of drug-likeness (QED) is 0.131. The molecule has 0 fully saturated rings. The molecule has 248 valence electrons. The van der Waals surface area contributed by atoms with Gasteiger partial charge < -0.3 is 0 Å². The minimum atomic E-state index is -0.0108. The van der Waals surface area contributed by atoms with Gasteiger partial charge in [-0.15, -0.1) is 0 Å². The van der Waals surface area contributed by atoms with Gasteiger partial charge in [-0.3, -0.25) is 9.36 Å². The van der Waals surface area contributed by atoms with Crippen LogP contribution in [-0.2, 0) is 0 Å². The number of rotatable bonds is 5. The third-order valence-corrected chi connectivity index (χ3v) is 10.6. The highest BCUT2D eigenvalue weighted by Crippen LogP contribution is 2.44. The number of pyridine rings is 1. The van der Waals surface area contributed by atoms with E-state index in [1.807, 2.05) is 53.1 Å². The largest absolute Gasteiger partial charge is 0.276 e. The highest BCUT2D eigenvalue weighted by molar-refractivity contribution is 6.21. The smallest absolute Gasteiger partial charge is 0.263 e. The van der Waals surface area contributed by atoms with Gasteiger partial charge in [-0.2, -0.15) is 0 Å². The van der Waals surface area contributed by atoms with Crippen molar-refractivity contribution in [1.82, 2.24) is 4.57 Å². The summed E-state index contributed by atoms with van der Waals surface area (Å²) in [6.45, 7) is 0. The molecule has 0 saturated heterocycles. The Morgan fingerprint density at radius 1 is 0.283 bits per heavy atom. The predicted octanol–water partition coefficient (Wildman–Crippen LogP) is 13.1. The minimum Gasteiger partial charge on any atom is -0.276 e. The van der Waals surface area contributed by atoms with Gasteiger partial charge in [0, 0.05) is 16.5 Å². The van der Waals surface area contributed by atoms with E-state index in [-0.39, 0.29) is 5.56 Å². The Hall–Kier alpha value is -7.03. The number of aromatic nitrogens is 1. The van der Waals surface area contributed by atoms with Gasteiger partial charge in [0.15, 0.2) is 0 Å². The van der Waals surface area contributed by atoms with Gasteiger partial charge in [0.25, 0.3) is 5.56 Å². The number of hydrogen-bond donors (Lipinski definition) is 0. The highest BCUT2D eigenvalue weighted by Gasteiger charge is 2.18. The van der Waals surface area contributed by atoms with Crippen LogP contribution in [0.1, 0.15) is 0 Å². The summed E-state index contributed by atoms with van der Waals surface area (Å²) in [5.74, 6) is 0. The van der Waals surface area contributed by atoms with Crippen LogP contribution in [-0.4, -0.2) is 4.57 Å². The molecule has 0 amide bonds. The summed E-state index contributed by atoms with van der Waals surface area (Å²) in [6.07, 6.45) is 0. The van der Waals surface area contributed by atoms with Crippen LogP contribution in [0.5, 0.6) is 0 Å². The molecule has 0 aliphatic carbocycles. The van der Waals surface area contributed by atoms with Crippen LogP contribution in [0, 0.1) is 0 Å². The normalized spacial score (nSPS) is 11.5. The average molecular weight is 676 g/mol. The molecule has 0 radical (unpaired) electrons. The fourth-order valence-corrected chi connectivity index (χ4v) is 8.16. The van der Waals surface area contributed by atoms with Crippen LogP contribution in [0.25, 0.3) is 93.4 Å². The van der Waals surface area contributed by atoms with Crippen molar-refractivity contribution in [2.75, 3.05) is 0 Å². The Labute approximate surface area is 307 Å². The summed E-state index contributed by atoms with van der Waals surface area (Å²) in [7, 11) is 0. The minimum absolute atomic E-state index is 0.0108. The molecule has 2 heteroatoms. The van der Waals surface area contributed by atoms with E-state index in [0.717, 1.165) is 33.1 Å². The monoisotopic (exact) mass is 675 g/mol. The number of nitrogens with zero attached hydrogens (tertiary/aromatic N) is 1. The highest BCUT2D eigenvalue weighted by atomic mass is 16.1. The standard InChI is InChI=1S/C51H33NO/c53-51-46-25-12-7-20-41(46)47-33-38(30-31-48(47)52(51)40-18-5-2-6-19-40)37-16-13-17-39(32-37)50-44-23-10-8-21-42(44)49(43-22-9-11-24-45(43)50)36-28-26-35(27-29-36)34-14-3-1-4-15-34/h1-33H. The van der Waals surface area contributed by atoms with Gasteiger partial charge in [0.2, 0.25) is 0 Å². The maximum absolute atomic E-state index is 13.9. The molecule has 0 aliphatic rings. The summed E-state index contributed by atoms with van der Waals surface area (Å²) in [6, 6.07) is 70.4. The number of fused-ring (bicyclic) bond motifs is 5. The molecule has 0 aliphatic heterocycles. The summed E-state index contributed by atoms with van der Waals surface area (Å²) >= 11 is 0. The van der Waals surface area contributed by atoms with E-state index in [1.54, 1.807) is 0 Å². The van der Waals surface area contributed by atoms with E-state index in [4.69, 9.17) is 0 Å². The number of hydrogen-bond acceptors (Lipinski definition) is 1. The second-order valence-electron chi connectivity index (χ2n) is 13.6. The van der Waals surface area contributed by atoms with Crippen LogP contribution in [0.3, 0.4) is 0 Å². The lowest BCUT2D eigenvalue weighted by Gasteiger charge is -2.18. The fourth-order valence-electron chi connectivity index (χ4n) is 8.16. The van der Waals surface area contributed by atoms with Crippen LogP contribution in [0.2, 0.25) is 0 Å². The lowest BCUT2D eigenvalue weighted by molar-refractivity contribution is 1.06. The van der Waals surface area contributed by atoms with Crippen LogP contribution >= 0.6 is 0 Å². The van der Waals surface area contributed by atoms with E-state index in [9.17, 15) is 4.79 Å². The van der Waals surface area contributed by atoms with E-state index in [2.05, 4.69) is 152 Å². The van der Waals surface area contributed by atoms with Gasteiger partial charge in [-0.25, -0.2) is 0 Å². The SMILES string of the molecule is O=c1c2ccccc2c2cc(-c3cccc(-c4c5ccccc5c(-c5ccc(-c6ccccc6)cc5)c5ccccc45)c3)ccc2n1-c1ccccc1. The van der Waals surface area contributed by atoms with Crippen LogP contribution in [0.4, 0.5) is 0 Å². The third kappa shape index (κ3) is 5.15. The maximum atomic E-state index is 13.9. The zero-order valence-electron chi connectivity index (χ0n) is 28.9. The summed E-state index contributed by atoms with van der Waals surface area (Å²) < 4.78 is 1.84. The van der Waals surface area contributed by atoms with E-state index >= 15 is 0 Å². The summed E-state index contributed by atoms with van der Waals surface area (Å²) in [5.41, 5.74) is 11.2. The fraction of sp³-hybridized carbons (Fsp3) is 0. The van der Waals surface area contributed by atoms with Crippen molar-refractivity contribution in [3.05, 3.63) is 211 Å². The van der Waals surface area contributed by atoms with Crippen molar-refractivity contribution < 1.29 is 0 Å². The first-order chi connectivity index (χ1) is 26.2. The Morgan fingerprint density at radius 2 is 0.717 bits per heavy atom. The van der Waals surface area contributed by atoms with Gasteiger partial charge in [0.1, 0.15) is 0 Å². The topological polar surface area (TPSA) is 22.0 Å². The molecule has 0 atom stereocenters. The van der Waals surface area contributed by atoms with Gasteiger partial charge in [-0.05, 0) is 108 Å². The predicted molar refractivity (Wildman–Crippen MR) is 224 cm³/mol. The molecular weight excluding hydrogens is 643 g/mol.